The van der Waals surface area contributed by atoms with Crippen molar-refractivity contribution in [1.29, 1.82) is 0 Å². The summed E-state index contributed by atoms with van der Waals surface area (Å²) < 4.78 is 10.3. The van der Waals surface area contributed by atoms with Gasteiger partial charge < -0.3 is 20.1 Å². The summed E-state index contributed by atoms with van der Waals surface area (Å²) in [5.41, 5.74) is 6.18. The summed E-state index contributed by atoms with van der Waals surface area (Å²) in [7, 11) is 4.90. The van der Waals surface area contributed by atoms with Crippen molar-refractivity contribution >= 4 is 11.6 Å². The number of likely N-dealkylation sites (N-methyl/N-ethyl adjacent to an activating group) is 1. The van der Waals surface area contributed by atoms with Crippen LogP contribution in [0, 0.1) is 0 Å². The molecule has 2 N–H and O–H groups in total. The normalized spacial score (nSPS) is 9.69. The van der Waals surface area contributed by atoms with Gasteiger partial charge >= 0.3 is 0 Å². The summed E-state index contributed by atoms with van der Waals surface area (Å²) in [5, 5.41) is 0. The van der Waals surface area contributed by atoms with Gasteiger partial charge in [0.25, 0.3) is 5.91 Å². The van der Waals surface area contributed by atoms with E-state index in [1.54, 1.807) is 39.4 Å². The van der Waals surface area contributed by atoms with E-state index in [-0.39, 0.29) is 12.5 Å². The third-order valence-electron chi connectivity index (χ3n) is 2.07. The molecule has 0 aromatic heterocycles. The maximum atomic E-state index is 11.3. The molecular weight excluding hydrogens is 208 g/mol. The molecule has 1 aromatic carbocycles. The number of hydrogen-bond donors (Lipinski definition) is 1. The number of nitrogens with two attached hydrogens (primary N) is 1. The summed E-state index contributed by atoms with van der Waals surface area (Å²) in [6, 6.07) is 5.05. The molecule has 0 bridgehead atoms. The van der Waals surface area contributed by atoms with Crippen LogP contribution in [0.15, 0.2) is 18.2 Å². The number of amides is 1. The highest BCUT2D eigenvalue weighted by atomic mass is 16.5. The monoisotopic (exact) mass is 224 g/mol. The third kappa shape index (κ3) is 3.05. The molecule has 1 amide bonds. The van der Waals surface area contributed by atoms with Crippen molar-refractivity contribution in [2.75, 3.05) is 33.5 Å². The first-order chi connectivity index (χ1) is 7.54. The number of anilines is 1. The van der Waals surface area contributed by atoms with E-state index in [2.05, 4.69) is 0 Å². The van der Waals surface area contributed by atoms with Gasteiger partial charge in [-0.1, -0.05) is 0 Å². The second-order valence-electron chi connectivity index (χ2n) is 3.48. The van der Waals surface area contributed by atoms with Crippen LogP contribution < -0.4 is 15.2 Å². The Morgan fingerprint density at radius 2 is 2.12 bits per heavy atom. The summed E-state index contributed by atoms with van der Waals surface area (Å²) in [4.78, 5) is 12.7. The van der Waals surface area contributed by atoms with Crippen molar-refractivity contribution < 1.29 is 14.3 Å². The molecule has 0 heterocycles. The molecule has 0 spiro atoms. The minimum atomic E-state index is -0.116. The standard InChI is InChI=1S/C11H16N2O3/c1-13(2)11(14)7-16-10-5-4-8(15-3)6-9(10)12/h4-6H,7,12H2,1-3H3. The maximum absolute atomic E-state index is 11.3. The second-order valence-corrected chi connectivity index (χ2v) is 3.48. The van der Waals surface area contributed by atoms with Crippen molar-refractivity contribution in [2.45, 2.75) is 0 Å². The molecule has 0 aliphatic carbocycles. The number of benzene rings is 1. The molecule has 0 aliphatic heterocycles. The zero-order valence-corrected chi connectivity index (χ0v) is 9.69. The minimum Gasteiger partial charge on any atom is -0.497 e. The summed E-state index contributed by atoms with van der Waals surface area (Å²) in [6.45, 7) is -0.0243. The van der Waals surface area contributed by atoms with Crippen LogP contribution in [0.5, 0.6) is 11.5 Å². The third-order valence-corrected chi connectivity index (χ3v) is 2.07. The minimum absolute atomic E-state index is 0.0243. The highest BCUT2D eigenvalue weighted by Crippen LogP contribution is 2.26. The van der Waals surface area contributed by atoms with Crippen molar-refractivity contribution in [1.82, 2.24) is 4.90 Å². The van der Waals surface area contributed by atoms with Gasteiger partial charge in [0, 0.05) is 20.2 Å². The number of methoxy groups -OCH3 is 1. The van der Waals surface area contributed by atoms with Crippen LogP contribution in [-0.4, -0.2) is 38.6 Å². The number of carbonyl (C=O) groups excluding carboxylic acids is 1. The van der Waals surface area contributed by atoms with Crippen molar-refractivity contribution in [3.63, 3.8) is 0 Å². The van der Waals surface area contributed by atoms with Gasteiger partial charge in [-0.05, 0) is 12.1 Å². The lowest BCUT2D eigenvalue weighted by atomic mass is 10.3. The van der Waals surface area contributed by atoms with Crippen LogP contribution >= 0.6 is 0 Å². The van der Waals surface area contributed by atoms with Crippen LogP contribution in [0.25, 0.3) is 0 Å². The van der Waals surface area contributed by atoms with Gasteiger partial charge in [0.05, 0.1) is 12.8 Å². The summed E-state index contributed by atoms with van der Waals surface area (Å²) >= 11 is 0. The molecule has 88 valence electrons. The predicted octanol–water partition coefficient (Wildman–Crippen LogP) is 0.744. The first kappa shape index (κ1) is 12.2. The lowest BCUT2D eigenvalue weighted by Gasteiger charge is -2.13. The maximum Gasteiger partial charge on any atom is 0.259 e. The van der Waals surface area contributed by atoms with Crippen LogP contribution in [0.4, 0.5) is 5.69 Å². The second kappa shape index (κ2) is 5.25. The molecule has 1 aromatic rings. The molecule has 0 atom stereocenters. The van der Waals surface area contributed by atoms with Gasteiger partial charge in [0.15, 0.2) is 6.61 Å². The molecule has 0 radical (unpaired) electrons. The number of rotatable bonds is 4. The largest absolute Gasteiger partial charge is 0.497 e. The van der Waals surface area contributed by atoms with Crippen molar-refractivity contribution in [3.05, 3.63) is 18.2 Å². The number of carbonyl (C=O) groups is 1. The zero-order chi connectivity index (χ0) is 12.1. The van der Waals surface area contributed by atoms with Gasteiger partial charge in [0.1, 0.15) is 11.5 Å². The molecule has 0 unspecified atom stereocenters. The molecule has 5 heteroatoms. The average molecular weight is 224 g/mol. The number of ether oxygens (including phenoxy) is 2. The first-order valence-electron chi connectivity index (χ1n) is 4.81. The molecule has 1 rings (SSSR count). The number of nitrogen functional groups attached to an aromatic ring is 1. The predicted molar refractivity (Wildman–Crippen MR) is 61.6 cm³/mol. The van der Waals surface area contributed by atoms with Gasteiger partial charge in [-0.25, -0.2) is 0 Å². The number of hydrogen-bond acceptors (Lipinski definition) is 4. The van der Waals surface area contributed by atoms with Gasteiger partial charge in [-0.15, -0.1) is 0 Å². The van der Waals surface area contributed by atoms with E-state index in [4.69, 9.17) is 15.2 Å². The highest BCUT2D eigenvalue weighted by Gasteiger charge is 2.07. The summed E-state index contributed by atoms with van der Waals surface area (Å²) in [5.74, 6) is 1.02. The van der Waals surface area contributed by atoms with Gasteiger partial charge in [-0.2, -0.15) is 0 Å². The Balaban J connectivity index is 2.64. The van der Waals surface area contributed by atoms with E-state index in [0.717, 1.165) is 0 Å². The average Bonchev–Trinajstić information content (AvgIpc) is 2.26. The van der Waals surface area contributed by atoms with Crippen LogP contribution in [0.3, 0.4) is 0 Å². The quantitative estimate of drug-likeness (QED) is 0.766. The molecule has 5 nitrogen and oxygen atoms in total. The molecular formula is C11H16N2O3. The van der Waals surface area contributed by atoms with Crippen LogP contribution in [-0.2, 0) is 4.79 Å². The van der Waals surface area contributed by atoms with E-state index in [0.29, 0.717) is 17.2 Å². The summed E-state index contributed by atoms with van der Waals surface area (Å²) in [6.07, 6.45) is 0. The van der Waals surface area contributed by atoms with Crippen molar-refractivity contribution in [2.24, 2.45) is 0 Å². The van der Waals surface area contributed by atoms with E-state index in [9.17, 15) is 4.79 Å². The lowest BCUT2D eigenvalue weighted by molar-refractivity contribution is -0.130. The SMILES string of the molecule is COc1ccc(OCC(=O)N(C)C)c(N)c1. The van der Waals surface area contributed by atoms with Crippen LogP contribution in [0.1, 0.15) is 0 Å². The fraction of sp³-hybridized carbons (Fsp3) is 0.364. The fourth-order valence-corrected chi connectivity index (χ4v) is 1.05. The Hall–Kier alpha value is -1.91. The first-order valence-corrected chi connectivity index (χ1v) is 4.81. The van der Waals surface area contributed by atoms with E-state index >= 15 is 0 Å². The highest BCUT2D eigenvalue weighted by molar-refractivity contribution is 5.77. The van der Waals surface area contributed by atoms with Gasteiger partial charge in [0.2, 0.25) is 0 Å². The Morgan fingerprint density at radius 3 is 2.62 bits per heavy atom. The van der Waals surface area contributed by atoms with E-state index in [1.807, 2.05) is 0 Å². The van der Waals surface area contributed by atoms with E-state index < -0.39 is 0 Å². The molecule has 0 aliphatic rings. The molecule has 0 saturated carbocycles. The molecule has 0 fully saturated rings. The molecule has 16 heavy (non-hydrogen) atoms. The smallest absolute Gasteiger partial charge is 0.259 e. The fourth-order valence-electron chi connectivity index (χ4n) is 1.05. The zero-order valence-electron chi connectivity index (χ0n) is 9.69. The molecule has 0 saturated heterocycles. The van der Waals surface area contributed by atoms with Crippen LogP contribution in [0.2, 0.25) is 0 Å². The Labute approximate surface area is 94.7 Å². The Bertz CT molecular complexity index is 377. The Morgan fingerprint density at radius 1 is 1.44 bits per heavy atom. The topological polar surface area (TPSA) is 64.8 Å². The number of nitrogens with zero attached hydrogens (tertiary/aromatic N) is 1. The van der Waals surface area contributed by atoms with Gasteiger partial charge in [-0.3, -0.25) is 4.79 Å². The van der Waals surface area contributed by atoms with Crippen molar-refractivity contribution in [3.8, 4) is 11.5 Å². The Kier molecular flexibility index (Phi) is 3.99. The lowest BCUT2D eigenvalue weighted by Crippen LogP contribution is -2.27. The van der Waals surface area contributed by atoms with E-state index in [1.165, 1.54) is 4.90 Å².